The van der Waals surface area contributed by atoms with Gasteiger partial charge in [-0.3, -0.25) is 0 Å². The Labute approximate surface area is 75.0 Å². The van der Waals surface area contributed by atoms with E-state index in [-0.39, 0.29) is 6.61 Å². The summed E-state index contributed by atoms with van der Waals surface area (Å²) in [6.45, 7) is -0.235. The molecule has 4 nitrogen and oxygen atoms in total. The number of nitriles is 1. The smallest absolute Gasteiger partial charge is 0.331 e. The van der Waals surface area contributed by atoms with Gasteiger partial charge in [0.25, 0.3) is 0 Å². The maximum Gasteiger partial charge on any atom is 0.331 e. The minimum atomic E-state index is -0.557. The summed E-state index contributed by atoms with van der Waals surface area (Å²) in [5.74, 6) is 0.00635. The fraction of sp³-hybridized carbons (Fsp3) is 0.111. The molecule has 0 spiro atoms. The van der Waals surface area contributed by atoms with E-state index in [1.807, 2.05) is 0 Å². The van der Waals surface area contributed by atoms with E-state index >= 15 is 0 Å². The maximum absolute atomic E-state index is 10.8. The van der Waals surface area contributed by atoms with E-state index < -0.39 is 5.97 Å². The Hall–Kier alpha value is -2.02. The zero-order chi connectivity index (χ0) is 9.52. The molecule has 1 aromatic rings. The summed E-state index contributed by atoms with van der Waals surface area (Å²) in [4.78, 5) is 10.8. The standard InChI is InChI=1S/C9H7NO3/c10-5-7-13-9(11)4-3-8-2-1-6-12-8/h1-4,6H,7H2. The van der Waals surface area contributed by atoms with E-state index in [4.69, 9.17) is 9.68 Å². The molecule has 0 aliphatic heterocycles. The molecule has 0 aliphatic rings. The first-order chi connectivity index (χ1) is 6.33. The van der Waals surface area contributed by atoms with Crippen molar-refractivity contribution >= 4 is 12.0 Å². The normalized spacial score (nSPS) is 9.77. The van der Waals surface area contributed by atoms with Crippen molar-refractivity contribution in [2.45, 2.75) is 0 Å². The van der Waals surface area contributed by atoms with Crippen LogP contribution in [0.4, 0.5) is 0 Å². The first kappa shape index (κ1) is 9.07. The largest absolute Gasteiger partial charge is 0.465 e. The van der Waals surface area contributed by atoms with Gasteiger partial charge in [-0.15, -0.1) is 0 Å². The molecule has 4 heteroatoms. The molecule has 66 valence electrons. The SMILES string of the molecule is N#CCOC(=O)C=Cc1ccco1. The number of esters is 1. The van der Waals surface area contributed by atoms with Gasteiger partial charge < -0.3 is 9.15 Å². The van der Waals surface area contributed by atoms with E-state index in [1.54, 1.807) is 18.2 Å². The number of carbonyl (C=O) groups excluding carboxylic acids is 1. The Morgan fingerprint density at radius 2 is 2.62 bits per heavy atom. The number of furan rings is 1. The van der Waals surface area contributed by atoms with Crippen LogP contribution in [0.25, 0.3) is 6.08 Å². The lowest BCUT2D eigenvalue weighted by Gasteiger charge is -1.91. The summed E-state index contributed by atoms with van der Waals surface area (Å²) < 4.78 is 9.39. The molecule has 0 N–H and O–H groups in total. The molecule has 0 atom stereocenters. The first-order valence-corrected chi connectivity index (χ1v) is 3.58. The monoisotopic (exact) mass is 177 g/mol. The average Bonchev–Trinajstić information content (AvgIpc) is 2.64. The van der Waals surface area contributed by atoms with Crippen LogP contribution in [-0.2, 0) is 9.53 Å². The van der Waals surface area contributed by atoms with E-state index in [0.29, 0.717) is 5.76 Å². The van der Waals surface area contributed by atoms with Crippen LogP contribution < -0.4 is 0 Å². The molecule has 13 heavy (non-hydrogen) atoms. The van der Waals surface area contributed by atoms with Crippen molar-refractivity contribution in [2.75, 3.05) is 6.61 Å². The fourth-order valence-corrected chi connectivity index (χ4v) is 0.688. The van der Waals surface area contributed by atoms with Crippen molar-refractivity contribution in [3.8, 4) is 6.07 Å². The van der Waals surface area contributed by atoms with Gasteiger partial charge >= 0.3 is 5.97 Å². The van der Waals surface area contributed by atoms with Gasteiger partial charge in [-0.1, -0.05) is 0 Å². The van der Waals surface area contributed by atoms with Crippen LogP contribution in [0.15, 0.2) is 28.9 Å². The number of hydrogen-bond acceptors (Lipinski definition) is 4. The molecule has 0 radical (unpaired) electrons. The lowest BCUT2D eigenvalue weighted by atomic mass is 10.4. The van der Waals surface area contributed by atoms with Crippen molar-refractivity contribution < 1.29 is 13.9 Å². The van der Waals surface area contributed by atoms with Crippen molar-refractivity contribution in [1.29, 1.82) is 5.26 Å². The van der Waals surface area contributed by atoms with Gasteiger partial charge in [0.2, 0.25) is 0 Å². The van der Waals surface area contributed by atoms with Crippen molar-refractivity contribution in [2.24, 2.45) is 0 Å². The number of carbonyl (C=O) groups is 1. The van der Waals surface area contributed by atoms with Gasteiger partial charge in [0.1, 0.15) is 11.8 Å². The fourth-order valence-electron chi connectivity index (χ4n) is 0.688. The van der Waals surface area contributed by atoms with Crippen LogP contribution in [0.3, 0.4) is 0 Å². The third kappa shape index (κ3) is 3.25. The van der Waals surface area contributed by atoms with Gasteiger partial charge in [0.05, 0.1) is 6.26 Å². The van der Waals surface area contributed by atoms with Crippen LogP contribution in [-0.4, -0.2) is 12.6 Å². The summed E-state index contributed by atoms with van der Waals surface area (Å²) in [5, 5.41) is 8.10. The van der Waals surface area contributed by atoms with Crippen molar-refractivity contribution in [3.63, 3.8) is 0 Å². The average molecular weight is 177 g/mol. The molecule has 0 bridgehead atoms. The topological polar surface area (TPSA) is 63.2 Å². The molecule has 1 rings (SSSR count). The van der Waals surface area contributed by atoms with Crippen molar-refractivity contribution in [3.05, 3.63) is 30.2 Å². The second-order valence-electron chi connectivity index (χ2n) is 2.11. The molecule has 0 saturated carbocycles. The van der Waals surface area contributed by atoms with E-state index in [2.05, 4.69) is 4.74 Å². The Kier molecular flexibility index (Phi) is 3.33. The molecule has 1 aromatic heterocycles. The number of ether oxygens (including phenoxy) is 1. The van der Waals surface area contributed by atoms with E-state index in [9.17, 15) is 4.79 Å². The maximum atomic E-state index is 10.8. The zero-order valence-electron chi connectivity index (χ0n) is 6.77. The van der Waals surface area contributed by atoms with Crippen LogP contribution >= 0.6 is 0 Å². The third-order valence-corrected chi connectivity index (χ3v) is 1.21. The van der Waals surface area contributed by atoms with E-state index in [0.717, 1.165) is 0 Å². The molecule has 1 heterocycles. The Morgan fingerprint density at radius 3 is 3.23 bits per heavy atom. The van der Waals surface area contributed by atoms with Crippen molar-refractivity contribution in [1.82, 2.24) is 0 Å². The molecule has 0 unspecified atom stereocenters. The van der Waals surface area contributed by atoms with Gasteiger partial charge in [0.15, 0.2) is 6.61 Å². The van der Waals surface area contributed by atoms with Crippen LogP contribution in [0.1, 0.15) is 5.76 Å². The lowest BCUT2D eigenvalue weighted by molar-refractivity contribution is -0.136. The Balaban J connectivity index is 2.41. The number of hydrogen-bond donors (Lipinski definition) is 0. The van der Waals surface area contributed by atoms with Gasteiger partial charge in [-0.2, -0.15) is 5.26 Å². The summed E-state index contributed by atoms with van der Waals surface area (Å²) in [7, 11) is 0. The van der Waals surface area contributed by atoms with Gasteiger partial charge in [-0.05, 0) is 18.2 Å². The Bertz CT molecular complexity index is 332. The Morgan fingerprint density at radius 1 is 1.77 bits per heavy atom. The quantitative estimate of drug-likeness (QED) is 0.516. The highest BCUT2D eigenvalue weighted by Gasteiger charge is 1.95. The summed E-state index contributed by atoms with van der Waals surface area (Å²) >= 11 is 0. The first-order valence-electron chi connectivity index (χ1n) is 3.58. The second kappa shape index (κ2) is 4.78. The molecule has 0 amide bonds. The second-order valence-corrected chi connectivity index (χ2v) is 2.11. The third-order valence-electron chi connectivity index (χ3n) is 1.21. The lowest BCUT2D eigenvalue weighted by Crippen LogP contribution is -1.99. The molecule has 0 saturated heterocycles. The molecular formula is C9H7NO3. The minimum absolute atomic E-state index is 0.235. The van der Waals surface area contributed by atoms with Crippen LogP contribution in [0, 0.1) is 11.3 Å². The zero-order valence-corrected chi connectivity index (χ0v) is 6.77. The highest BCUT2D eigenvalue weighted by Crippen LogP contribution is 2.01. The highest BCUT2D eigenvalue weighted by atomic mass is 16.5. The van der Waals surface area contributed by atoms with Gasteiger partial charge in [-0.25, -0.2) is 4.79 Å². The highest BCUT2D eigenvalue weighted by molar-refractivity contribution is 5.86. The van der Waals surface area contributed by atoms with E-state index in [1.165, 1.54) is 18.4 Å². The molecule has 0 fully saturated rings. The predicted octanol–water partition coefficient (Wildman–Crippen LogP) is 1.36. The van der Waals surface area contributed by atoms with Crippen LogP contribution in [0.2, 0.25) is 0 Å². The molecule has 0 aliphatic carbocycles. The van der Waals surface area contributed by atoms with Crippen LogP contribution in [0.5, 0.6) is 0 Å². The summed E-state index contributed by atoms with van der Waals surface area (Å²) in [6, 6.07) is 5.10. The number of nitrogens with zero attached hydrogens (tertiary/aromatic N) is 1. The molecular weight excluding hydrogens is 170 g/mol. The minimum Gasteiger partial charge on any atom is -0.465 e. The summed E-state index contributed by atoms with van der Waals surface area (Å²) in [5.41, 5.74) is 0. The summed E-state index contributed by atoms with van der Waals surface area (Å²) in [6.07, 6.45) is 4.18. The molecule has 0 aromatic carbocycles. The number of rotatable bonds is 3. The predicted molar refractivity (Wildman–Crippen MR) is 44.3 cm³/mol. The van der Waals surface area contributed by atoms with Gasteiger partial charge in [0, 0.05) is 6.08 Å².